The van der Waals surface area contributed by atoms with Crippen molar-refractivity contribution >= 4 is 58.0 Å². The maximum atomic E-state index is 13.5. The number of nitrogens with zero attached hydrogens (tertiary/aromatic N) is 2. The third kappa shape index (κ3) is 5.04. The van der Waals surface area contributed by atoms with E-state index >= 15 is 0 Å². The molecule has 0 radical (unpaired) electrons. The van der Waals surface area contributed by atoms with Crippen LogP contribution in [0.5, 0.6) is 0 Å². The second-order valence-electron chi connectivity index (χ2n) is 10.9. The van der Waals surface area contributed by atoms with Gasteiger partial charge >= 0.3 is 0 Å². The number of anilines is 1. The van der Waals surface area contributed by atoms with Crippen molar-refractivity contribution in [2.45, 2.75) is 0 Å². The molecule has 0 spiro atoms. The summed E-state index contributed by atoms with van der Waals surface area (Å²) >= 11 is 0. The van der Waals surface area contributed by atoms with Crippen LogP contribution in [-0.4, -0.2) is 25.8 Å². The predicted molar refractivity (Wildman–Crippen MR) is 184 cm³/mol. The minimum atomic E-state index is -0.229. The maximum Gasteiger partial charge on any atom is 0.255 e. The fourth-order valence-corrected chi connectivity index (χ4v) is 5.86. The lowest BCUT2D eigenvalue weighted by Crippen LogP contribution is -2.13. The van der Waals surface area contributed by atoms with Gasteiger partial charge in [-0.3, -0.25) is 4.79 Å². The predicted octanol–water partition coefficient (Wildman–Crippen LogP) is 9.24. The third-order valence-corrected chi connectivity index (χ3v) is 7.97. The van der Waals surface area contributed by atoms with Crippen molar-refractivity contribution in [3.63, 3.8) is 0 Å². The summed E-state index contributed by atoms with van der Waals surface area (Å²) in [5, 5.41) is 3.15. The number of fused-ring (bicyclic) bond motifs is 8. The number of rotatable bonds is 4. The van der Waals surface area contributed by atoms with Crippen molar-refractivity contribution in [1.82, 2.24) is 19.9 Å². The summed E-state index contributed by atoms with van der Waals surface area (Å²) in [6.07, 6.45) is 7.88. The van der Waals surface area contributed by atoms with Gasteiger partial charge in [0.15, 0.2) is 0 Å². The highest BCUT2D eigenvalue weighted by Crippen LogP contribution is 2.35. The van der Waals surface area contributed by atoms with Gasteiger partial charge in [0.25, 0.3) is 5.91 Å². The molecule has 3 N–H and O–H groups in total. The van der Waals surface area contributed by atoms with Crippen LogP contribution in [0, 0.1) is 0 Å². The van der Waals surface area contributed by atoms with Gasteiger partial charge in [-0.15, -0.1) is 0 Å². The number of nitrogens with one attached hydrogen (secondary N) is 3. The molecular formula is C39H27N5O. The van der Waals surface area contributed by atoms with Crippen LogP contribution in [0.1, 0.15) is 33.1 Å². The standard InChI is InChI=1S/C39H27N5O/c45-39(27-14-8-3-9-15-27)44-38-34-22-20-32(42-34)36(25-10-4-1-5-11-25)30-18-16-28(40-30)24-29-17-19-31(41-29)37(26-12-6-2-7-13-26)33-21-23-35(38)43-33/h1-24,40-41H,(H,44,45). The average Bonchev–Trinajstić information content (AvgIpc) is 3.91. The molecule has 0 fully saturated rings. The molecule has 3 aromatic heterocycles. The van der Waals surface area contributed by atoms with Gasteiger partial charge in [-0.2, -0.15) is 0 Å². The summed E-state index contributed by atoms with van der Waals surface area (Å²) in [6.45, 7) is 0. The van der Waals surface area contributed by atoms with Gasteiger partial charge in [0.05, 0.1) is 28.5 Å². The molecule has 8 bridgehead atoms. The van der Waals surface area contributed by atoms with Crippen LogP contribution in [0.25, 0.3) is 68.6 Å². The van der Waals surface area contributed by atoms with Gasteiger partial charge in [0.2, 0.25) is 0 Å². The molecule has 2 aliphatic rings. The van der Waals surface area contributed by atoms with Crippen molar-refractivity contribution in [3.8, 4) is 22.3 Å². The molecule has 6 aromatic rings. The van der Waals surface area contributed by atoms with Crippen LogP contribution >= 0.6 is 0 Å². The van der Waals surface area contributed by atoms with E-state index in [1.165, 1.54) is 0 Å². The Balaban J connectivity index is 1.47. The molecule has 45 heavy (non-hydrogen) atoms. The zero-order chi connectivity index (χ0) is 30.2. The van der Waals surface area contributed by atoms with Crippen LogP contribution in [-0.2, 0) is 0 Å². The Labute approximate surface area is 259 Å². The summed E-state index contributed by atoms with van der Waals surface area (Å²) < 4.78 is 0. The Morgan fingerprint density at radius 3 is 1.44 bits per heavy atom. The van der Waals surface area contributed by atoms with E-state index in [-0.39, 0.29) is 5.91 Å². The Hall–Kier alpha value is -6.27. The zero-order valence-corrected chi connectivity index (χ0v) is 24.2. The first-order chi connectivity index (χ1) is 22.2. The molecule has 2 aliphatic heterocycles. The fourth-order valence-electron chi connectivity index (χ4n) is 5.86. The van der Waals surface area contributed by atoms with Crippen LogP contribution in [0.4, 0.5) is 5.69 Å². The molecule has 0 saturated carbocycles. The number of benzene rings is 3. The molecule has 1 amide bonds. The number of amides is 1. The molecule has 214 valence electrons. The molecule has 0 atom stereocenters. The van der Waals surface area contributed by atoms with E-state index in [1.807, 2.05) is 78.9 Å². The molecule has 6 heteroatoms. The number of carbonyl (C=O) groups is 1. The Morgan fingerprint density at radius 1 is 0.511 bits per heavy atom. The largest absolute Gasteiger partial charge is 0.355 e. The van der Waals surface area contributed by atoms with E-state index in [0.29, 0.717) is 22.6 Å². The summed E-state index contributed by atoms with van der Waals surface area (Å²) in [5.74, 6) is -0.229. The summed E-state index contributed by atoms with van der Waals surface area (Å²) in [6, 6.07) is 40.0. The van der Waals surface area contributed by atoms with E-state index in [4.69, 9.17) is 9.97 Å². The minimum absolute atomic E-state index is 0.229. The topological polar surface area (TPSA) is 86.5 Å². The van der Waals surface area contributed by atoms with E-state index in [2.05, 4.69) is 69.9 Å². The zero-order valence-electron chi connectivity index (χ0n) is 24.2. The highest BCUT2D eigenvalue weighted by Gasteiger charge is 2.19. The summed E-state index contributed by atoms with van der Waals surface area (Å²) in [4.78, 5) is 31.0. The quantitative estimate of drug-likeness (QED) is 0.194. The van der Waals surface area contributed by atoms with E-state index in [1.54, 1.807) is 12.1 Å². The SMILES string of the molecule is O=C(Nc1c2nc(c(-c3ccccc3)c3ccc(cc4ccc([nH]4)c(-c4ccccc4)c4nc1C=C4)[nH]3)C=C2)c1ccccc1. The van der Waals surface area contributed by atoms with Crippen LogP contribution in [0.3, 0.4) is 0 Å². The first-order valence-corrected chi connectivity index (χ1v) is 14.8. The Bertz CT molecular complexity index is 2160. The molecule has 3 aromatic carbocycles. The summed E-state index contributed by atoms with van der Waals surface area (Å²) in [7, 11) is 0. The molecule has 6 nitrogen and oxygen atoms in total. The normalized spacial score (nSPS) is 11.9. The van der Waals surface area contributed by atoms with E-state index in [0.717, 1.165) is 55.7 Å². The number of aromatic amines is 2. The Morgan fingerprint density at radius 2 is 0.956 bits per heavy atom. The third-order valence-electron chi connectivity index (χ3n) is 7.97. The van der Waals surface area contributed by atoms with Crippen molar-refractivity contribution in [2.75, 3.05) is 5.32 Å². The van der Waals surface area contributed by atoms with Crippen LogP contribution in [0.2, 0.25) is 0 Å². The molecular weight excluding hydrogens is 554 g/mol. The van der Waals surface area contributed by atoms with Gasteiger partial charge in [0.1, 0.15) is 0 Å². The minimum Gasteiger partial charge on any atom is -0.355 e. The van der Waals surface area contributed by atoms with Gasteiger partial charge < -0.3 is 15.3 Å². The lowest BCUT2D eigenvalue weighted by Gasteiger charge is -2.08. The van der Waals surface area contributed by atoms with Crippen molar-refractivity contribution in [2.24, 2.45) is 0 Å². The monoisotopic (exact) mass is 581 g/mol. The number of hydrogen-bond donors (Lipinski definition) is 3. The molecule has 8 rings (SSSR count). The second-order valence-corrected chi connectivity index (χ2v) is 10.9. The highest BCUT2D eigenvalue weighted by atomic mass is 16.1. The van der Waals surface area contributed by atoms with Crippen molar-refractivity contribution < 1.29 is 4.79 Å². The average molecular weight is 582 g/mol. The van der Waals surface area contributed by atoms with Crippen LogP contribution in [0.15, 0.2) is 121 Å². The lowest BCUT2D eigenvalue weighted by atomic mass is 10.0. The van der Waals surface area contributed by atoms with Crippen molar-refractivity contribution in [3.05, 3.63) is 150 Å². The molecule has 0 unspecified atom stereocenters. The smallest absolute Gasteiger partial charge is 0.255 e. The molecule has 0 aliphatic carbocycles. The first kappa shape index (κ1) is 26.4. The lowest BCUT2D eigenvalue weighted by molar-refractivity contribution is 0.102. The van der Waals surface area contributed by atoms with Gasteiger partial charge in [0, 0.05) is 38.8 Å². The number of H-pyrrole nitrogens is 2. The maximum absolute atomic E-state index is 13.5. The molecule has 0 saturated heterocycles. The van der Waals surface area contributed by atoms with E-state index in [9.17, 15) is 4.79 Å². The van der Waals surface area contributed by atoms with Gasteiger partial charge in [-0.25, -0.2) is 9.97 Å². The van der Waals surface area contributed by atoms with Crippen LogP contribution < -0.4 is 5.32 Å². The number of carbonyl (C=O) groups excluding carboxylic acids is 1. The second kappa shape index (κ2) is 11.1. The number of aromatic nitrogens is 4. The van der Waals surface area contributed by atoms with Gasteiger partial charge in [-0.1, -0.05) is 78.9 Å². The first-order valence-electron chi connectivity index (χ1n) is 14.8. The van der Waals surface area contributed by atoms with Gasteiger partial charge in [-0.05, 0) is 77.9 Å². The molecule has 5 heterocycles. The van der Waals surface area contributed by atoms with E-state index < -0.39 is 0 Å². The highest BCUT2D eigenvalue weighted by molar-refractivity contribution is 6.07. The Kier molecular flexibility index (Phi) is 6.50. The number of hydrogen-bond acceptors (Lipinski definition) is 3. The van der Waals surface area contributed by atoms with Crippen molar-refractivity contribution in [1.29, 1.82) is 0 Å². The fraction of sp³-hybridized carbons (Fsp3) is 0. The summed E-state index contributed by atoms with van der Waals surface area (Å²) in [5.41, 5.74) is 11.7.